The van der Waals surface area contributed by atoms with Gasteiger partial charge in [-0.15, -0.1) is 0 Å². The maximum Gasteiger partial charge on any atom is 0.310 e. The first kappa shape index (κ1) is 13.2. The lowest BCUT2D eigenvalue weighted by Gasteiger charge is -2.03. The number of nitrogen functional groups attached to an aromatic ring is 1. The zero-order chi connectivity index (χ0) is 14.7. The topological polar surface area (TPSA) is 69.6 Å². The van der Waals surface area contributed by atoms with Crippen LogP contribution in [0.2, 0.25) is 0 Å². The van der Waals surface area contributed by atoms with Crippen molar-refractivity contribution in [2.45, 2.75) is 13.0 Å². The molecule has 0 radical (unpaired) electrons. The number of rotatable bonds is 4. The summed E-state index contributed by atoms with van der Waals surface area (Å²) in [5, 5.41) is 0. The smallest absolute Gasteiger partial charge is 0.310 e. The van der Waals surface area contributed by atoms with E-state index in [1.54, 1.807) is 12.1 Å². The summed E-state index contributed by atoms with van der Waals surface area (Å²) in [6.45, 7) is 0.169. The van der Waals surface area contributed by atoms with Crippen LogP contribution in [0.25, 0.3) is 5.65 Å². The number of carbonyl (C=O) groups excluding carboxylic acids is 1. The Kier molecular flexibility index (Phi) is 3.55. The van der Waals surface area contributed by atoms with Crippen LogP contribution in [0.15, 0.2) is 54.9 Å². The van der Waals surface area contributed by atoms with Gasteiger partial charge in [0.05, 0.1) is 12.1 Å². The minimum Gasteiger partial charge on any atom is -0.459 e. The molecule has 2 aromatic heterocycles. The van der Waals surface area contributed by atoms with Crippen LogP contribution in [0.5, 0.6) is 0 Å². The van der Waals surface area contributed by atoms with Crippen molar-refractivity contribution in [2.75, 3.05) is 5.73 Å². The Bertz CT molecular complexity index is 747. The number of fused-ring (bicyclic) bond motifs is 1. The maximum atomic E-state index is 11.8. The second-order valence-electron chi connectivity index (χ2n) is 4.78. The van der Waals surface area contributed by atoms with E-state index < -0.39 is 0 Å². The summed E-state index contributed by atoms with van der Waals surface area (Å²) in [5.74, 6) is -0.294. The molecule has 1 aromatic carbocycles. The maximum absolute atomic E-state index is 11.8. The second kappa shape index (κ2) is 5.66. The van der Waals surface area contributed by atoms with Crippen LogP contribution >= 0.6 is 0 Å². The lowest BCUT2D eigenvalue weighted by molar-refractivity contribution is -0.144. The summed E-state index contributed by atoms with van der Waals surface area (Å²) in [4.78, 5) is 16.2. The van der Waals surface area contributed by atoms with Gasteiger partial charge in [0.25, 0.3) is 0 Å². The highest BCUT2D eigenvalue weighted by atomic mass is 16.5. The average molecular weight is 281 g/mol. The number of pyridine rings is 1. The molecule has 5 heteroatoms. The van der Waals surface area contributed by atoms with E-state index in [9.17, 15) is 4.79 Å². The van der Waals surface area contributed by atoms with Crippen LogP contribution in [-0.2, 0) is 22.6 Å². The average Bonchev–Trinajstić information content (AvgIpc) is 2.88. The van der Waals surface area contributed by atoms with Gasteiger partial charge in [-0.25, -0.2) is 4.98 Å². The monoisotopic (exact) mass is 281 g/mol. The molecule has 2 N–H and O–H groups in total. The lowest BCUT2D eigenvalue weighted by Crippen LogP contribution is -2.08. The minimum absolute atomic E-state index is 0.169. The summed E-state index contributed by atoms with van der Waals surface area (Å²) in [6.07, 6.45) is 3.96. The highest BCUT2D eigenvalue weighted by molar-refractivity contribution is 5.73. The van der Waals surface area contributed by atoms with Gasteiger partial charge >= 0.3 is 5.97 Å². The summed E-state index contributed by atoms with van der Waals surface area (Å²) in [5.41, 5.74) is 8.72. The van der Waals surface area contributed by atoms with Gasteiger partial charge in [-0.3, -0.25) is 4.79 Å². The van der Waals surface area contributed by atoms with E-state index in [0.29, 0.717) is 5.69 Å². The van der Waals surface area contributed by atoms with Gasteiger partial charge in [-0.05, 0) is 29.8 Å². The van der Waals surface area contributed by atoms with Crippen LogP contribution in [0, 0.1) is 0 Å². The molecule has 5 nitrogen and oxygen atoms in total. The first-order chi connectivity index (χ1) is 10.2. The normalized spacial score (nSPS) is 10.7. The van der Waals surface area contributed by atoms with Gasteiger partial charge in [0.15, 0.2) is 0 Å². The van der Waals surface area contributed by atoms with E-state index in [4.69, 9.17) is 10.5 Å². The molecule has 2 heterocycles. The van der Waals surface area contributed by atoms with E-state index in [1.165, 1.54) is 0 Å². The molecular formula is C16H15N3O2. The summed E-state index contributed by atoms with van der Waals surface area (Å²) < 4.78 is 7.14. The van der Waals surface area contributed by atoms with Crippen LogP contribution in [0.1, 0.15) is 11.3 Å². The molecule has 106 valence electrons. The highest BCUT2D eigenvalue weighted by Crippen LogP contribution is 2.09. The van der Waals surface area contributed by atoms with Crippen LogP contribution < -0.4 is 5.73 Å². The van der Waals surface area contributed by atoms with Crippen LogP contribution in [-0.4, -0.2) is 15.4 Å². The zero-order valence-corrected chi connectivity index (χ0v) is 11.4. The van der Waals surface area contributed by atoms with Gasteiger partial charge in [0.1, 0.15) is 12.3 Å². The Balaban J connectivity index is 1.60. The number of imidazole rings is 1. The molecular weight excluding hydrogens is 266 g/mol. The Morgan fingerprint density at radius 3 is 2.95 bits per heavy atom. The molecule has 21 heavy (non-hydrogen) atoms. The summed E-state index contributed by atoms with van der Waals surface area (Å²) in [7, 11) is 0. The fraction of sp³-hybridized carbons (Fsp3) is 0.125. The van der Waals surface area contributed by atoms with Gasteiger partial charge < -0.3 is 14.9 Å². The van der Waals surface area contributed by atoms with E-state index >= 15 is 0 Å². The number of aromatic nitrogens is 2. The molecule has 0 saturated carbocycles. The number of esters is 1. The molecule has 0 amide bonds. The van der Waals surface area contributed by atoms with E-state index in [-0.39, 0.29) is 19.0 Å². The van der Waals surface area contributed by atoms with Gasteiger partial charge in [-0.1, -0.05) is 18.2 Å². The number of hydrogen-bond donors (Lipinski definition) is 1. The lowest BCUT2D eigenvalue weighted by atomic mass is 10.1. The van der Waals surface area contributed by atoms with Crippen LogP contribution in [0.4, 0.5) is 5.69 Å². The number of hydrogen-bond acceptors (Lipinski definition) is 4. The number of nitrogens with zero attached hydrogens (tertiary/aromatic N) is 2. The molecule has 0 saturated heterocycles. The minimum atomic E-state index is -0.294. The van der Waals surface area contributed by atoms with Gasteiger partial charge in [0, 0.05) is 18.1 Å². The van der Waals surface area contributed by atoms with Crippen molar-refractivity contribution >= 4 is 17.3 Å². The van der Waals surface area contributed by atoms with E-state index in [2.05, 4.69) is 4.98 Å². The third kappa shape index (κ3) is 3.20. The van der Waals surface area contributed by atoms with Crippen molar-refractivity contribution in [2.24, 2.45) is 0 Å². The van der Waals surface area contributed by atoms with Crippen LogP contribution in [0.3, 0.4) is 0 Å². The molecule has 3 aromatic rings. The zero-order valence-electron chi connectivity index (χ0n) is 11.4. The second-order valence-corrected chi connectivity index (χ2v) is 4.78. The Morgan fingerprint density at radius 2 is 2.14 bits per heavy atom. The molecule has 0 spiro atoms. The molecule has 0 unspecified atom stereocenters. The molecule has 0 bridgehead atoms. The number of benzene rings is 1. The predicted molar refractivity (Wildman–Crippen MR) is 79.5 cm³/mol. The fourth-order valence-electron chi connectivity index (χ4n) is 2.13. The summed E-state index contributed by atoms with van der Waals surface area (Å²) >= 11 is 0. The van der Waals surface area contributed by atoms with Crippen molar-refractivity contribution < 1.29 is 9.53 Å². The third-order valence-electron chi connectivity index (χ3n) is 3.09. The van der Waals surface area contributed by atoms with Gasteiger partial charge in [0.2, 0.25) is 0 Å². The van der Waals surface area contributed by atoms with Crippen molar-refractivity contribution in [3.05, 3.63) is 66.1 Å². The van der Waals surface area contributed by atoms with Crippen molar-refractivity contribution in [1.29, 1.82) is 0 Å². The quantitative estimate of drug-likeness (QED) is 0.588. The van der Waals surface area contributed by atoms with E-state index in [1.807, 2.05) is 47.1 Å². The Hall–Kier alpha value is -2.82. The number of anilines is 1. The number of ether oxygens (including phenoxy) is 1. The predicted octanol–water partition coefficient (Wildman–Crippen LogP) is 2.20. The molecule has 0 aliphatic heterocycles. The Morgan fingerprint density at radius 1 is 1.24 bits per heavy atom. The first-order valence-electron chi connectivity index (χ1n) is 6.63. The largest absolute Gasteiger partial charge is 0.459 e. The molecule has 0 aliphatic carbocycles. The molecule has 0 aliphatic rings. The van der Waals surface area contributed by atoms with Gasteiger partial charge in [-0.2, -0.15) is 0 Å². The summed E-state index contributed by atoms with van der Waals surface area (Å²) in [6, 6.07) is 13.0. The highest BCUT2D eigenvalue weighted by Gasteiger charge is 2.07. The van der Waals surface area contributed by atoms with Crippen molar-refractivity contribution in [3.63, 3.8) is 0 Å². The number of nitrogens with two attached hydrogens (primary N) is 1. The first-order valence-corrected chi connectivity index (χ1v) is 6.63. The molecule has 3 rings (SSSR count). The van der Waals surface area contributed by atoms with Crippen molar-refractivity contribution in [3.8, 4) is 0 Å². The standard InChI is InChI=1S/C16H15N3O2/c17-13-5-3-4-12(8-13)9-16(20)21-11-14-10-19-7-2-1-6-15(19)18-14/h1-8,10H,9,11,17H2. The third-order valence-corrected chi connectivity index (χ3v) is 3.09. The Labute approximate surface area is 122 Å². The SMILES string of the molecule is Nc1cccc(CC(=O)OCc2cn3ccccc3n2)c1. The molecule has 0 fully saturated rings. The van der Waals surface area contributed by atoms with E-state index in [0.717, 1.165) is 16.9 Å². The fourth-order valence-corrected chi connectivity index (χ4v) is 2.13. The van der Waals surface area contributed by atoms with Crippen molar-refractivity contribution in [1.82, 2.24) is 9.38 Å². The number of carbonyl (C=O) groups is 1. The molecule has 0 atom stereocenters.